The van der Waals surface area contributed by atoms with Crippen LogP contribution < -0.4 is 5.56 Å². The van der Waals surface area contributed by atoms with Gasteiger partial charge in [-0.2, -0.15) is 0 Å². The van der Waals surface area contributed by atoms with E-state index in [9.17, 15) is 4.79 Å². The van der Waals surface area contributed by atoms with Crippen LogP contribution in [-0.2, 0) is 0 Å². The fraction of sp³-hybridized carbons (Fsp3) is 0.0500. The van der Waals surface area contributed by atoms with Crippen molar-refractivity contribution in [3.63, 3.8) is 0 Å². The van der Waals surface area contributed by atoms with Crippen LogP contribution in [0.2, 0.25) is 0 Å². The molecule has 2 nitrogen and oxygen atoms in total. The smallest absolute Gasteiger partial charge is 0.251 e. The van der Waals surface area contributed by atoms with E-state index in [1.807, 2.05) is 37.3 Å². The highest BCUT2D eigenvalue weighted by molar-refractivity contribution is 5.98. The third kappa shape index (κ3) is 1.92. The summed E-state index contributed by atoms with van der Waals surface area (Å²) in [6, 6.07) is 22.6. The highest BCUT2D eigenvalue weighted by Gasteiger charge is 2.11. The number of H-pyrrole nitrogens is 1. The molecule has 3 aromatic carbocycles. The Bertz CT molecular complexity index is 1060. The molecule has 4 rings (SSSR count). The molecule has 0 saturated heterocycles. The molecule has 0 fully saturated rings. The zero-order valence-electron chi connectivity index (χ0n) is 12.3. The molecular formula is C20H15NO. The van der Waals surface area contributed by atoms with Crippen molar-refractivity contribution in [2.75, 3.05) is 0 Å². The number of aromatic amines is 1. The summed E-state index contributed by atoms with van der Waals surface area (Å²) in [5, 5.41) is 3.47. The molecule has 0 bridgehead atoms. The number of hydrogen-bond donors (Lipinski definition) is 1. The molecule has 1 heterocycles. The maximum atomic E-state index is 12.2. The van der Waals surface area contributed by atoms with E-state index >= 15 is 0 Å². The van der Waals surface area contributed by atoms with Crippen LogP contribution in [0.15, 0.2) is 71.5 Å². The molecule has 0 saturated carbocycles. The SMILES string of the molecule is Cc1c(-c2ccc3ccccc3c2)c2ccccc2[nH]c1=O. The first kappa shape index (κ1) is 12.8. The van der Waals surface area contributed by atoms with E-state index in [0.717, 1.165) is 27.6 Å². The molecule has 0 radical (unpaired) electrons. The van der Waals surface area contributed by atoms with E-state index in [4.69, 9.17) is 0 Å². The molecule has 0 spiro atoms. The van der Waals surface area contributed by atoms with Crippen LogP contribution in [0.25, 0.3) is 32.8 Å². The summed E-state index contributed by atoms with van der Waals surface area (Å²) in [5.74, 6) is 0. The van der Waals surface area contributed by atoms with Gasteiger partial charge in [0.15, 0.2) is 0 Å². The number of para-hydroxylation sites is 1. The van der Waals surface area contributed by atoms with Gasteiger partial charge in [-0.25, -0.2) is 0 Å². The Morgan fingerprint density at radius 1 is 0.818 bits per heavy atom. The number of aromatic nitrogens is 1. The Hall–Kier alpha value is -2.87. The van der Waals surface area contributed by atoms with Gasteiger partial charge in [-0.3, -0.25) is 4.79 Å². The van der Waals surface area contributed by atoms with E-state index in [1.54, 1.807) is 0 Å². The summed E-state index contributed by atoms with van der Waals surface area (Å²) in [6.07, 6.45) is 0. The lowest BCUT2D eigenvalue weighted by Gasteiger charge is -2.11. The standard InChI is InChI=1S/C20H15NO/c1-13-19(17-8-4-5-9-18(17)21-20(13)22)16-11-10-14-6-2-3-7-15(14)12-16/h2-12H,1H3,(H,21,22). The summed E-state index contributed by atoms with van der Waals surface area (Å²) in [6.45, 7) is 1.88. The first-order valence-electron chi connectivity index (χ1n) is 7.35. The van der Waals surface area contributed by atoms with E-state index in [-0.39, 0.29) is 5.56 Å². The van der Waals surface area contributed by atoms with Crippen molar-refractivity contribution in [3.8, 4) is 11.1 Å². The third-order valence-corrected chi connectivity index (χ3v) is 4.20. The Labute approximate surface area is 128 Å². The van der Waals surface area contributed by atoms with Gasteiger partial charge in [0.2, 0.25) is 0 Å². The molecule has 0 aliphatic heterocycles. The predicted octanol–water partition coefficient (Wildman–Crippen LogP) is 4.66. The second-order valence-corrected chi connectivity index (χ2v) is 5.56. The third-order valence-electron chi connectivity index (χ3n) is 4.20. The highest BCUT2D eigenvalue weighted by Crippen LogP contribution is 2.31. The summed E-state index contributed by atoms with van der Waals surface area (Å²) < 4.78 is 0. The lowest BCUT2D eigenvalue weighted by atomic mass is 9.95. The van der Waals surface area contributed by atoms with Gasteiger partial charge in [0, 0.05) is 16.5 Å². The van der Waals surface area contributed by atoms with Crippen LogP contribution in [0.5, 0.6) is 0 Å². The average molecular weight is 285 g/mol. The monoisotopic (exact) mass is 285 g/mol. The number of rotatable bonds is 1. The number of nitrogens with one attached hydrogen (secondary N) is 1. The van der Waals surface area contributed by atoms with Crippen molar-refractivity contribution >= 4 is 21.7 Å². The summed E-state index contributed by atoms with van der Waals surface area (Å²) in [4.78, 5) is 15.2. The molecule has 22 heavy (non-hydrogen) atoms. The van der Waals surface area contributed by atoms with Gasteiger partial charge in [-0.15, -0.1) is 0 Å². The molecule has 0 atom stereocenters. The average Bonchev–Trinajstić information content (AvgIpc) is 2.56. The van der Waals surface area contributed by atoms with Gasteiger partial charge in [0.25, 0.3) is 5.56 Å². The van der Waals surface area contributed by atoms with Gasteiger partial charge >= 0.3 is 0 Å². The molecule has 0 unspecified atom stereocenters. The van der Waals surface area contributed by atoms with Crippen LogP contribution in [-0.4, -0.2) is 4.98 Å². The lowest BCUT2D eigenvalue weighted by Crippen LogP contribution is -2.11. The fourth-order valence-electron chi connectivity index (χ4n) is 3.06. The molecular weight excluding hydrogens is 270 g/mol. The van der Waals surface area contributed by atoms with Crippen LogP contribution in [0.3, 0.4) is 0 Å². The maximum Gasteiger partial charge on any atom is 0.251 e. The van der Waals surface area contributed by atoms with E-state index in [1.165, 1.54) is 10.8 Å². The largest absolute Gasteiger partial charge is 0.322 e. The van der Waals surface area contributed by atoms with Crippen molar-refractivity contribution in [3.05, 3.63) is 82.6 Å². The first-order valence-corrected chi connectivity index (χ1v) is 7.35. The quantitative estimate of drug-likeness (QED) is 0.542. The number of fused-ring (bicyclic) bond motifs is 2. The van der Waals surface area contributed by atoms with Crippen molar-refractivity contribution in [1.29, 1.82) is 0 Å². The van der Waals surface area contributed by atoms with Gasteiger partial charge in [0.1, 0.15) is 0 Å². The number of pyridine rings is 1. The Balaban J connectivity index is 2.11. The first-order chi connectivity index (χ1) is 10.7. The molecule has 0 aliphatic rings. The minimum absolute atomic E-state index is 0.0261. The van der Waals surface area contributed by atoms with Crippen molar-refractivity contribution in [1.82, 2.24) is 4.98 Å². The van der Waals surface area contributed by atoms with Gasteiger partial charge in [0.05, 0.1) is 0 Å². The summed E-state index contributed by atoms with van der Waals surface area (Å²) in [7, 11) is 0. The molecule has 1 N–H and O–H groups in total. The number of benzene rings is 3. The Kier molecular flexibility index (Phi) is 2.83. The highest BCUT2D eigenvalue weighted by atomic mass is 16.1. The molecule has 0 aliphatic carbocycles. The molecule has 1 aromatic heterocycles. The Morgan fingerprint density at radius 3 is 2.41 bits per heavy atom. The zero-order valence-corrected chi connectivity index (χ0v) is 12.3. The van der Waals surface area contributed by atoms with Crippen molar-refractivity contribution in [2.24, 2.45) is 0 Å². The fourth-order valence-corrected chi connectivity index (χ4v) is 3.06. The maximum absolute atomic E-state index is 12.2. The molecule has 4 aromatic rings. The second kappa shape index (κ2) is 4.85. The Morgan fingerprint density at radius 2 is 1.55 bits per heavy atom. The molecule has 2 heteroatoms. The van der Waals surface area contributed by atoms with Gasteiger partial charge < -0.3 is 4.98 Å². The van der Waals surface area contributed by atoms with Crippen molar-refractivity contribution in [2.45, 2.75) is 6.92 Å². The van der Waals surface area contributed by atoms with Gasteiger partial charge in [-0.1, -0.05) is 54.6 Å². The second-order valence-electron chi connectivity index (χ2n) is 5.56. The van der Waals surface area contributed by atoms with Crippen molar-refractivity contribution < 1.29 is 0 Å². The number of hydrogen-bond acceptors (Lipinski definition) is 1. The van der Waals surface area contributed by atoms with Crippen LogP contribution in [0.1, 0.15) is 5.56 Å². The predicted molar refractivity (Wildman–Crippen MR) is 92.2 cm³/mol. The van der Waals surface area contributed by atoms with Crippen LogP contribution in [0.4, 0.5) is 0 Å². The van der Waals surface area contributed by atoms with Gasteiger partial charge in [-0.05, 0) is 41.0 Å². The summed E-state index contributed by atoms with van der Waals surface area (Å²) in [5.41, 5.74) is 3.71. The lowest BCUT2D eigenvalue weighted by molar-refractivity contribution is 1.24. The normalized spacial score (nSPS) is 11.1. The minimum atomic E-state index is -0.0261. The molecule has 106 valence electrons. The summed E-state index contributed by atoms with van der Waals surface area (Å²) >= 11 is 0. The van der Waals surface area contributed by atoms with E-state index in [0.29, 0.717) is 0 Å². The molecule has 0 amide bonds. The minimum Gasteiger partial charge on any atom is -0.322 e. The van der Waals surface area contributed by atoms with E-state index < -0.39 is 0 Å². The topological polar surface area (TPSA) is 32.9 Å². The van der Waals surface area contributed by atoms with Crippen LogP contribution in [0, 0.1) is 6.92 Å². The zero-order chi connectivity index (χ0) is 15.1. The van der Waals surface area contributed by atoms with Crippen LogP contribution >= 0.6 is 0 Å². The van der Waals surface area contributed by atoms with E-state index in [2.05, 4.69) is 41.4 Å².